The van der Waals surface area contributed by atoms with Crippen molar-refractivity contribution in [1.29, 1.82) is 0 Å². The van der Waals surface area contributed by atoms with Crippen molar-refractivity contribution in [2.45, 2.75) is 31.8 Å². The number of para-hydroxylation sites is 1. The largest absolute Gasteiger partial charge is 0.326 e. The Labute approximate surface area is 170 Å². The van der Waals surface area contributed by atoms with Gasteiger partial charge in [0.05, 0.1) is 16.1 Å². The average Bonchev–Trinajstić information content (AvgIpc) is 2.99. The van der Waals surface area contributed by atoms with Crippen molar-refractivity contribution in [1.82, 2.24) is 14.5 Å². The molecule has 4 nitrogen and oxygen atoms in total. The molecule has 0 bridgehead atoms. The van der Waals surface area contributed by atoms with Gasteiger partial charge in [0.25, 0.3) is 0 Å². The summed E-state index contributed by atoms with van der Waals surface area (Å²) in [5.41, 5.74) is 2.12. The Kier molecular flexibility index (Phi) is 5.14. The van der Waals surface area contributed by atoms with E-state index < -0.39 is 0 Å². The fraction of sp³-hybridized carbons (Fsp3) is 0.350. The molecule has 142 valence electrons. The van der Waals surface area contributed by atoms with Gasteiger partial charge in [-0.2, -0.15) is 0 Å². The first-order chi connectivity index (χ1) is 13.0. The fourth-order valence-corrected chi connectivity index (χ4v) is 4.59. The van der Waals surface area contributed by atoms with Crippen LogP contribution in [-0.2, 0) is 0 Å². The van der Waals surface area contributed by atoms with Crippen LogP contribution in [0, 0.1) is 5.82 Å². The number of benzene rings is 2. The van der Waals surface area contributed by atoms with Crippen molar-refractivity contribution in [3.8, 4) is 0 Å². The smallest absolute Gasteiger partial charge is 0.304 e. The number of nitrogens with one attached hydrogen (secondary N) is 1. The summed E-state index contributed by atoms with van der Waals surface area (Å²) in [4.78, 5) is 17.6. The Hall–Kier alpha value is -1.63. The molecular weight excluding hydrogens is 433 g/mol. The average molecular weight is 453 g/mol. The first-order valence-electron chi connectivity index (χ1n) is 9.03. The number of rotatable bonds is 3. The van der Waals surface area contributed by atoms with E-state index in [1.165, 1.54) is 6.07 Å². The van der Waals surface area contributed by atoms with Gasteiger partial charge in [-0.3, -0.25) is 9.47 Å². The molecule has 0 radical (unpaired) electrons. The zero-order chi connectivity index (χ0) is 19.1. The highest BCUT2D eigenvalue weighted by Crippen LogP contribution is 2.32. The molecule has 1 fully saturated rings. The molecule has 1 N–H and O–H groups in total. The second kappa shape index (κ2) is 7.41. The SMILES string of the molecule is CC(c1ccc(Br)cc1F)N1CCC(n2c(=O)[nH]c3c(Cl)cccc32)CC1. The van der Waals surface area contributed by atoms with Gasteiger partial charge in [0.2, 0.25) is 0 Å². The lowest BCUT2D eigenvalue weighted by atomic mass is 9.99. The maximum Gasteiger partial charge on any atom is 0.326 e. The van der Waals surface area contributed by atoms with Gasteiger partial charge < -0.3 is 4.98 Å². The molecule has 2 heterocycles. The molecule has 1 aliphatic heterocycles. The van der Waals surface area contributed by atoms with Crippen LogP contribution in [0.3, 0.4) is 0 Å². The Morgan fingerprint density at radius 3 is 2.70 bits per heavy atom. The van der Waals surface area contributed by atoms with Gasteiger partial charge in [-0.15, -0.1) is 0 Å². The lowest BCUT2D eigenvalue weighted by Crippen LogP contribution is -2.38. The van der Waals surface area contributed by atoms with Gasteiger partial charge in [0, 0.05) is 35.2 Å². The van der Waals surface area contributed by atoms with Crippen molar-refractivity contribution < 1.29 is 4.39 Å². The summed E-state index contributed by atoms with van der Waals surface area (Å²) in [5, 5.41) is 0.556. The number of likely N-dealkylation sites (tertiary alicyclic amines) is 1. The summed E-state index contributed by atoms with van der Waals surface area (Å²) in [7, 11) is 0. The van der Waals surface area contributed by atoms with Gasteiger partial charge in [-0.1, -0.05) is 39.7 Å². The standard InChI is InChI=1S/C20H20BrClFN3O/c1-12(15-6-5-13(21)11-17(15)23)25-9-7-14(8-10-25)26-18-4-2-3-16(22)19(18)24-20(26)27/h2-6,11-12,14H,7-10H2,1H3,(H,24,27). The maximum atomic E-state index is 14.3. The molecular formula is C20H20BrClFN3O. The van der Waals surface area contributed by atoms with E-state index in [9.17, 15) is 9.18 Å². The molecule has 1 unspecified atom stereocenters. The normalized spacial score (nSPS) is 17.5. The minimum absolute atomic E-state index is 0.00631. The lowest BCUT2D eigenvalue weighted by Gasteiger charge is -2.36. The number of piperidine rings is 1. The summed E-state index contributed by atoms with van der Waals surface area (Å²) in [6.07, 6.45) is 1.67. The molecule has 1 atom stereocenters. The molecule has 1 saturated heterocycles. The highest BCUT2D eigenvalue weighted by atomic mass is 79.9. The number of fused-ring (bicyclic) bond motifs is 1. The molecule has 4 rings (SSSR count). The van der Waals surface area contributed by atoms with Crippen molar-refractivity contribution in [2.75, 3.05) is 13.1 Å². The number of aromatic amines is 1. The zero-order valence-corrected chi connectivity index (χ0v) is 17.2. The first-order valence-corrected chi connectivity index (χ1v) is 10.2. The lowest BCUT2D eigenvalue weighted by molar-refractivity contribution is 0.141. The Balaban J connectivity index is 1.53. The van der Waals surface area contributed by atoms with Gasteiger partial charge >= 0.3 is 5.69 Å². The van der Waals surface area contributed by atoms with Crippen LogP contribution in [0.5, 0.6) is 0 Å². The monoisotopic (exact) mass is 451 g/mol. The topological polar surface area (TPSA) is 41.0 Å². The summed E-state index contributed by atoms with van der Waals surface area (Å²) in [6, 6.07) is 10.9. The molecule has 0 spiro atoms. The minimum atomic E-state index is -0.193. The highest BCUT2D eigenvalue weighted by Gasteiger charge is 2.27. The van der Waals surface area contributed by atoms with Crippen molar-refractivity contribution in [2.24, 2.45) is 0 Å². The van der Waals surface area contributed by atoms with Crippen LogP contribution in [-0.4, -0.2) is 27.5 Å². The van der Waals surface area contributed by atoms with Crippen LogP contribution >= 0.6 is 27.5 Å². The van der Waals surface area contributed by atoms with Crippen molar-refractivity contribution >= 4 is 38.6 Å². The molecule has 2 aromatic carbocycles. The van der Waals surface area contributed by atoms with E-state index in [4.69, 9.17) is 11.6 Å². The zero-order valence-electron chi connectivity index (χ0n) is 14.9. The van der Waals surface area contributed by atoms with Crippen LogP contribution in [0.4, 0.5) is 4.39 Å². The number of nitrogens with zero attached hydrogens (tertiary/aromatic N) is 2. The molecule has 27 heavy (non-hydrogen) atoms. The van der Waals surface area contributed by atoms with Gasteiger partial charge in [0.1, 0.15) is 5.82 Å². The molecule has 0 saturated carbocycles. The van der Waals surface area contributed by atoms with Gasteiger partial charge in [0.15, 0.2) is 0 Å². The summed E-state index contributed by atoms with van der Waals surface area (Å²) in [6.45, 7) is 3.65. The second-order valence-electron chi connectivity index (χ2n) is 7.04. The number of H-pyrrole nitrogens is 1. The number of hydrogen-bond donors (Lipinski definition) is 1. The third-order valence-corrected chi connectivity index (χ3v) is 6.33. The van der Waals surface area contributed by atoms with E-state index in [-0.39, 0.29) is 23.6 Å². The summed E-state index contributed by atoms with van der Waals surface area (Å²) < 4.78 is 16.9. The van der Waals surface area contributed by atoms with Crippen LogP contribution in [0.2, 0.25) is 5.02 Å². The van der Waals surface area contributed by atoms with Gasteiger partial charge in [-0.05, 0) is 44.0 Å². The summed E-state index contributed by atoms with van der Waals surface area (Å²) in [5.74, 6) is -0.193. The molecule has 3 aromatic rings. The fourth-order valence-electron chi connectivity index (χ4n) is 4.04. The van der Waals surface area contributed by atoms with Crippen LogP contribution < -0.4 is 5.69 Å². The van der Waals surface area contributed by atoms with E-state index in [1.54, 1.807) is 6.07 Å². The number of halogens is 3. The molecule has 0 aliphatic carbocycles. The minimum Gasteiger partial charge on any atom is -0.304 e. The quantitative estimate of drug-likeness (QED) is 0.587. The second-order valence-corrected chi connectivity index (χ2v) is 8.37. The van der Waals surface area contributed by atoms with Crippen molar-refractivity contribution in [3.63, 3.8) is 0 Å². The first kappa shape index (κ1) is 18.7. The van der Waals surface area contributed by atoms with E-state index >= 15 is 0 Å². The predicted octanol–water partition coefficient (Wildman–Crippen LogP) is 5.28. The van der Waals surface area contributed by atoms with E-state index in [0.717, 1.165) is 35.9 Å². The maximum absolute atomic E-state index is 14.3. The van der Waals surface area contributed by atoms with E-state index in [2.05, 4.69) is 25.8 Å². The third kappa shape index (κ3) is 3.46. The van der Waals surface area contributed by atoms with Crippen LogP contribution in [0.1, 0.15) is 37.4 Å². The Bertz CT molecular complexity index is 1040. The molecule has 1 aromatic heterocycles. The third-order valence-electron chi connectivity index (χ3n) is 5.53. The van der Waals surface area contributed by atoms with Crippen LogP contribution in [0.15, 0.2) is 45.7 Å². The van der Waals surface area contributed by atoms with E-state index in [1.807, 2.05) is 35.8 Å². The Morgan fingerprint density at radius 2 is 2.00 bits per heavy atom. The van der Waals surface area contributed by atoms with Gasteiger partial charge in [-0.25, -0.2) is 9.18 Å². The predicted molar refractivity (Wildman–Crippen MR) is 110 cm³/mol. The number of aromatic nitrogens is 2. The Morgan fingerprint density at radius 1 is 1.26 bits per heavy atom. The van der Waals surface area contributed by atoms with Crippen LogP contribution in [0.25, 0.3) is 11.0 Å². The molecule has 1 aliphatic rings. The summed E-state index contributed by atoms with van der Waals surface area (Å²) >= 11 is 9.51. The number of imidazole rings is 1. The van der Waals surface area contributed by atoms with Crippen molar-refractivity contribution in [3.05, 3.63) is 67.8 Å². The number of hydrogen-bond acceptors (Lipinski definition) is 2. The molecule has 7 heteroatoms. The van der Waals surface area contributed by atoms with E-state index in [0.29, 0.717) is 16.1 Å². The molecule has 0 amide bonds. The highest BCUT2D eigenvalue weighted by molar-refractivity contribution is 9.10.